The van der Waals surface area contributed by atoms with Crippen LogP contribution in [0.5, 0.6) is 0 Å². The summed E-state index contributed by atoms with van der Waals surface area (Å²) in [5.74, 6) is 1.76. The highest BCUT2D eigenvalue weighted by Gasteiger charge is 2.25. The maximum absolute atomic E-state index is 4.27. The van der Waals surface area contributed by atoms with Gasteiger partial charge in [-0.15, -0.1) is 11.3 Å². The number of nitrogens with one attached hydrogen (secondary N) is 2. The van der Waals surface area contributed by atoms with Crippen LogP contribution < -0.4 is 10.6 Å². The molecule has 1 aromatic rings. The highest BCUT2D eigenvalue weighted by Crippen LogP contribution is 2.28. The molecule has 5 heteroatoms. The lowest BCUT2D eigenvalue weighted by Gasteiger charge is -2.36. The third-order valence-corrected chi connectivity index (χ3v) is 5.13. The zero-order chi connectivity index (χ0) is 15.1. The van der Waals surface area contributed by atoms with Crippen LogP contribution in [-0.2, 0) is 0 Å². The van der Waals surface area contributed by atoms with Crippen molar-refractivity contribution in [1.82, 2.24) is 15.5 Å². The topological polar surface area (TPSA) is 39.7 Å². The minimum atomic E-state index is 0.452. The van der Waals surface area contributed by atoms with E-state index < -0.39 is 0 Å². The molecule has 1 aliphatic heterocycles. The van der Waals surface area contributed by atoms with E-state index in [0.29, 0.717) is 6.04 Å². The van der Waals surface area contributed by atoms with Gasteiger partial charge in [-0.05, 0) is 50.2 Å². The molecule has 4 nitrogen and oxygen atoms in total. The van der Waals surface area contributed by atoms with Crippen LogP contribution in [0.2, 0.25) is 0 Å². The van der Waals surface area contributed by atoms with Crippen molar-refractivity contribution in [2.75, 3.05) is 33.2 Å². The van der Waals surface area contributed by atoms with E-state index in [1.165, 1.54) is 30.8 Å². The molecule has 0 bridgehead atoms. The molecule has 0 amide bonds. The summed E-state index contributed by atoms with van der Waals surface area (Å²) in [4.78, 5) is 8.34. The fourth-order valence-corrected chi connectivity index (χ4v) is 3.67. The van der Waals surface area contributed by atoms with Gasteiger partial charge >= 0.3 is 0 Å². The third-order valence-electron chi connectivity index (χ3n) is 4.16. The zero-order valence-electron chi connectivity index (χ0n) is 13.4. The van der Waals surface area contributed by atoms with Gasteiger partial charge in [0.05, 0.1) is 6.04 Å². The Balaban J connectivity index is 2.00. The quantitative estimate of drug-likeness (QED) is 0.649. The number of aliphatic imine (C=N–C) groups is 1. The number of likely N-dealkylation sites (tertiary alicyclic amines) is 1. The lowest BCUT2D eigenvalue weighted by molar-refractivity contribution is 0.140. The van der Waals surface area contributed by atoms with Crippen LogP contribution in [0.25, 0.3) is 0 Å². The summed E-state index contributed by atoms with van der Waals surface area (Å²) in [7, 11) is 1.83. The summed E-state index contributed by atoms with van der Waals surface area (Å²) in [6.45, 7) is 8.66. The first kappa shape index (κ1) is 16.3. The van der Waals surface area contributed by atoms with Gasteiger partial charge < -0.3 is 10.6 Å². The van der Waals surface area contributed by atoms with E-state index in [9.17, 15) is 0 Å². The fourth-order valence-electron chi connectivity index (χ4n) is 2.81. The number of hydrogen-bond donors (Lipinski definition) is 2. The molecule has 1 unspecified atom stereocenters. The lowest BCUT2D eigenvalue weighted by Crippen LogP contribution is -2.44. The molecule has 1 aromatic heterocycles. The lowest BCUT2D eigenvalue weighted by atomic mass is 9.97. The average Bonchev–Trinajstić information content (AvgIpc) is 3.02. The van der Waals surface area contributed by atoms with Gasteiger partial charge in [-0.1, -0.05) is 13.0 Å². The number of guanidine groups is 1. The van der Waals surface area contributed by atoms with Gasteiger partial charge in [-0.3, -0.25) is 9.89 Å². The van der Waals surface area contributed by atoms with Gasteiger partial charge in [0.1, 0.15) is 0 Å². The second-order valence-corrected chi connectivity index (χ2v) is 6.71. The molecule has 2 rings (SSSR count). The molecule has 1 fully saturated rings. The summed E-state index contributed by atoms with van der Waals surface area (Å²) in [6, 6.07) is 4.86. The van der Waals surface area contributed by atoms with E-state index in [-0.39, 0.29) is 0 Å². The van der Waals surface area contributed by atoms with Crippen molar-refractivity contribution in [2.45, 2.75) is 32.7 Å². The molecule has 0 saturated carbocycles. The maximum atomic E-state index is 4.27. The molecule has 0 spiro atoms. The minimum Gasteiger partial charge on any atom is -0.357 e. The van der Waals surface area contributed by atoms with Crippen LogP contribution in [0.1, 0.15) is 37.6 Å². The molecule has 21 heavy (non-hydrogen) atoms. The van der Waals surface area contributed by atoms with Crippen molar-refractivity contribution in [1.29, 1.82) is 0 Å². The van der Waals surface area contributed by atoms with Crippen molar-refractivity contribution in [3.63, 3.8) is 0 Å². The summed E-state index contributed by atoms with van der Waals surface area (Å²) in [5, 5.41) is 8.91. The van der Waals surface area contributed by atoms with E-state index in [1.807, 2.05) is 18.4 Å². The van der Waals surface area contributed by atoms with Crippen molar-refractivity contribution in [2.24, 2.45) is 10.9 Å². The Morgan fingerprint density at radius 1 is 1.43 bits per heavy atom. The van der Waals surface area contributed by atoms with E-state index in [4.69, 9.17) is 0 Å². The molecule has 0 aliphatic carbocycles. The highest BCUT2D eigenvalue weighted by atomic mass is 32.1. The van der Waals surface area contributed by atoms with Crippen LogP contribution in [-0.4, -0.2) is 44.1 Å². The first-order valence-electron chi connectivity index (χ1n) is 7.96. The summed E-state index contributed by atoms with van der Waals surface area (Å²) >= 11 is 1.86. The molecule has 2 heterocycles. The zero-order valence-corrected chi connectivity index (χ0v) is 14.2. The van der Waals surface area contributed by atoms with Crippen LogP contribution >= 0.6 is 11.3 Å². The Morgan fingerprint density at radius 2 is 2.19 bits per heavy atom. The molecule has 118 valence electrons. The molecule has 0 aromatic carbocycles. The van der Waals surface area contributed by atoms with Crippen LogP contribution in [0, 0.1) is 5.92 Å². The molecule has 0 radical (unpaired) electrons. The predicted molar refractivity (Wildman–Crippen MR) is 92.1 cm³/mol. The Hall–Kier alpha value is -1.07. The highest BCUT2D eigenvalue weighted by molar-refractivity contribution is 7.10. The largest absolute Gasteiger partial charge is 0.357 e. The Bertz CT molecular complexity index is 421. The van der Waals surface area contributed by atoms with Crippen LogP contribution in [0.3, 0.4) is 0 Å². The second kappa shape index (κ2) is 8.39. The van der Waals surface area contributed by atoms with Crippen LogP contribution in [0.4, 0.5) is 0 Å². The normalized spacial score (nSPS) is 19.5. The molecule has 2 N–H and O–H groups in total. The van der Waals surface area contributed by atoms with Crippen LogP contribution in [0.15, 0.2) is 22.5 Å². The van der Waals surface area contributed by atoms with E-state index in [2.05, 4.69) is 51.9 Å². The van der Waals surface area contributed by atoms with Crippen molar-refractivity contribution in [3.8, 4) is 0 Å². The minimum absolute atomic E-state index is 0.452. The van der Waals surface area contributed by atoms with Crippen molar-refractivity contribution < 1.29 is 0 Å². The first-order valence-corrected chi connectivity index (χ1v) is 8.84. The van der Waals surface area contributed by atoms with E-state index in [0.717, 1.165) is 25.0 Å². The number of nitrogens with zero attached hydrogens (tertiary/aromatic N) is 2. The Morgan fingerprint density at radius 3 is 2.76 bits per heavy atom. The van der Waals surface area contributed by atoms with Crippen molar-refractivity contribution >= 4 is 17.3 Å². The maximum Gasteiger partial charge on any atom is 0.191 e. The number of hydrogen-bond acceptors (Lipinski definition) is 3. The summed E-state index contributed by atoms with van der Waals surface area (Å²) in [5.41, 5.74) is 0. The standard InChI is InChI=1S/C16H28N4S/c1-4-18-16(17-3)19-12-14(15-6-5-11-21-15)20-9-7-13(2)8-10-20/h5-6,11,13-14H,4,7-10,12H2,1-3H3,(H2,17,18,19). The van der Waals surface area contributed by atoms with Gasteiger partial charge in [0.25, 0.3) is 0 Å². The van der Waals surface area contributed by atoms with Gasteiger partial charge in [0, 0.05) is 25.0 Å². The Kier molecular flexibility index (Phi) is 6.51. The monoisotopic (exact) mass is 308 g/mol. The summed E-state index contributed by atoms with van der Waals surface area (Å²) in [6.07, 6.45) is 2.62. The van der Waals surface area contributed by atoms with Crippen molar-refractivity contribution in [3.05, 3.63) is 22.4 Å². The number of piperidine rings is 1. The molecular weight excluding hydrogens is 280 g/mol. The van der Waals surface area contributed by atoms with E-state index >= 15 is 0 Å². The molecule has 1 saturated heterocycles. The van der Waals surface area contributed by atoms with Gasteiger partial charge in [-0.2, -0.15) is 0 Å². The molecular formula is C16H28N4S. The predicted octanol–water partition coefficient (Wildman–Crippen LogP) is 2.71. The second-order valence-electron chi connectivity index (χ2n) is 5.73. The van der Waals surface area contributed by atoms with Gasteiger partial charge in [-0.25, -0.2) is 0 Å². The van der Waals surface area contributed by atoms with E-state index in [1.54, 1.807) is 0 Å². The molecule has 1 atom stereocenters. The SMILES string of the molecule is CCNC(=NC)NCC(c1cccs1)N1CCC(C)CC1. The first-order chi connectivity index (χ1) is 10.2. The fraction of sp³-hybridized carbons (Fsp3) is 0.688. The Labute approximate surface area is 132 Å². The van der Waals surface area contributed by atoms with Gasteiger partial charge in [0.15, 0.2) is 5.96 Å². The molecule has 1 aliphatic rings. The summed E-state index contributed by atoms with van der Waals surface area (Å²) < 4.78 is 0. The number of thiophene rings is 1. The smallest absolute Gasteiger partial charge is 0.191 e. The van der Waals surface area contributed by atoms with Gasteiger partial charge in [0.2, 0.25) is 0 Å². The number of rotatable bonds is 5. The third kappa shape index (κ3) is 4.71. The average molecular weight is 308 g/mol.